The molecule has 1 atom stereocenters. The average Bonchev–Trinajstić information content (AvgIpc) is 2.52. The first-order chi connectivity index (χ1) is 11.3. The molecule has 0 aliphatic carbocycles. The molecule has 0 radical (unpaired) electrons. The minimum Gasteiger partial charge on any atom is -0.454 e. The molecule has 7 nitrogen and oxygen atoms in total. The van der Waals surface area contributed by atoms with Gasteiger partial charge < -0.3 is 21.1 Å². The van der Waals surface area contributed by atoms with Crippen molar-refractivity contribution in [1.82, 2.24) is 5.32 Å². The molecule has 0 saturated carbocycles. The molecule has 0 saturated heterocycles. The minimum atomic E-state index is -0.879. The lowest BCUT2D eigenvalue weighted by atomic mass is 10.2. The lowest BCUT2D eigenvalue weighted by Crippen LogP contribution is -2.45. The van der Waals surface area contributed by atoms with Gasteiger partial charge in [0.1, 0.15) is 6.04 Å². The Morgan fingerprint density at radius 1 is 1.38 bits per heavy atom. The molecule has 0 aliphatic rings. The molecule has 0 fully saturated rings. The summed E-state index contributed by atoms with van der Waals surface area (Å²) in [5, 5.41) is 5.40. The summed E-state index contributed by atoms with van der Waals surface area (Å²) in [4.78, 5) is 34.8. The van der Waals surface area contributed by atoms with Crippen LogP contribution in [-0.4, -0.2) is 42.6 Å². The van der Waals surface area contributed by atoms with Crippen molar-refractivity contribution in [2.24, 2.45) is 5.73 Å². The van der Waals surface area contributed by atoms with E-state index >= 15 is 0 Å². The van der Waals surface area contributed by atoms with Gasteiger partial charge in [0.25, 0.3) is 5.91 Å². The average molecular weight is 374 g/mol. The number of halogens is 1. The second kappa shape index (κ2) is 10.0. The number of anilines is 1. The van der Waals surface area contributed by atoms with E-state index in [1.54, 1.807) is 18.2 Å². The third-order valence-corrected chi connectivity index (χ3v) is 3.91. The number of carbonyl (C=O) groups is 3. The van der Waals surface area contributed by atoms with E-state index in [1.165, 1.54) is 11.8 Å². The summed E-state index contributed by atoms with van der Waals surface area (Å²) in [7, 11) is 0. The number of hydrogen-bond acceptors (Lipinski definition) is 5. The van der Waals surface area contributed by atoms with Gasteiger partial charge in [0, 0.05) is 10.7 Å². The van der Waals surface area contributed by atoms with E-state index in [0.29, 0.717) is 22.9 Å². The third-order valence-electron chi connectivity index (χ3n) is 3.03. The van der Waals surface area contributed by atoms with E-state index in [9.17, 15) is 14.4 Å². The first-order valence-corrected chi connectivity index (χ1v) is 8.88. The Balaban J connectivity index is 2.55. The van der Waals surface area contributed by atoms with Gasteiger partial charge in [-0.1, -0.05) is 17.7 Å². The number of carbonyl (C=O) groups excluding carboxylic acids is 3. The second-order valence-corrected chi connectivity index (χ2v) is 6.38. The van der Waals surface area contributed by atoms with Crippen LogP contribution < -0.4 is 16.4 Å². The van der Waals surface area contributed by atoms with Crippen molar-refractivity contribution in [3.63, 3.8) is 0 Å². The molecule has 0 heterocycles. The molecule has 1 aromatic rings. The molecular weight excluding hydrogens is 354 g/mol. The number of thioether (sulfide) groups is 1. The molecule has 0 bridgehead atoms. The van der Waals surface area contributed by atoms with Crippen molar-refractivity contribution < 1.29 is 19.1 Å². The van der Waals surface area contributed by atoms with Gasteiger partial charge in [-0.3, -0.25) is 4.79 Å². The summed E-state index contributed by atoms with van der Waals surface area (Å²) in [6.45, 7) is 1.34. The third kappa shape index (κ3) is 7.10. The SMILES string of the molecule is CSCC[C@H](NC(N)=O)C(=O)OCC(=O)Nc1cc(Cl)ccc1C. The number of urea groups is 1. The molecule has 1 rings (SSSR count). The topological polar surface area (TPSA) is 111 Å². The zero-order valence-corrected chi connectivity index (χ0v) is 15.0. The van der Waals surface area contributed by atoms with Gasteiger partial charge in [-0.2, -0.15) is 11.8 Å². The van der Waals surface area contributed by atoms with Crippen molar-refractivity contribution in [2.75, 3.05) is 23.9 Å². The minimum absolute atomic E-state index is 0.359. The van der Waals surface area contributed by atoms with Crippen LogP contribution in [0.3, 0.4) is 0 Å². The zero-order valence-electron chi connectivity index (χ0n) is 13.4. The summed E-state index contributed by atoms with van der Waals surface area (Å²) in [6, 6.07) is 3.37. The first kappa shape index (κ1) is 20.1. The summed E-state index contributed by atoms with van der Waals surface area (Å²) in [5.41, 5.74) is 6.40. The van der Waals surface area contributed by atoms with E-state index in [0.717, 1.165) is 5.56 Å². The van der Waals surface area contributed by atoms with Gasteiger partial charge in [0.2, 0.25) is 0 Å². The molecule has 4 N–H and O–H groups in total. The fourth-order valence-electron chi connectivity index (χ4n) is 1.81. The van der Waals surface area contributed by atoms with Crippen LogP contribution >= 0.6 is 23.4 Å². The Labute approximate surface area is 149 Å². The molecule has 3 amide bonds. The smallest absolute Gasteiger partial charge is 0.329 e. The van der Waals surface area contributed by atoms with Gasteiger partial charge >= 0.3 is 12.0 Å². The summed E-state index contributed by atoms with van der Waals surface area (Å²) >= 11 is 7.39. The first-order valence-electron chi connectivity index (χ1n) is 7.11. The fraction of sp³-hybridized carbons (Fsp3) is 0.400. The maximum absolute atomic E-state index is 12.0. The zero-order chi connectivity index (χ0) is 18.1. The molecule has 9 heteroatoms. The monoisotopic (exact) mass is 373 g/mol. The van der Waals surface area contributed by atoms with Crippen LogP contribution in [0.1, 0.15) is 12.0 Å². The highest BCUT2D eigenvalue weighted by Crippen LogP contribution is 2.20. The number of primary amides is 1. The Bertz CT molecular complexity index is 612. The molecular formula is C15H20ClN3O4S. The van der Waals surface area contributed by atoms with Crippen LogP contribution in [0.25, 0.3) is 0 Å². The number of ether oxygens (including phenoxy) is 1. The summed E-state index contributed by atoms with van der Waals surface area (Å²) in [5.74, 6) is -0.578. The predicted octanol–water partition coefficient (Wildman–Crippen LogP) is 1.92. The lowest BCUT2D eigenvalue weighted by molar-refractivity contribution is -0.149. The number of esters is 1. The molecule has 1 aromatic carbocycles. The largest absolute Gasteiger partial charge is 0.454 e. The fourth-order valence-corrected chi connectivity index (χ4v) is 2.45. The Morgan fingerprint density at radius 2 is 2.08 bits per heavy atom. The van der Waals surface area contributed by atoms with E-state index in [1.807, 2.05) is 13.2 Å². The molecule has 0 aliphatic heterocycles. The van der Waals surface area contributed by atoms with Crippen LogP contribution in [0.5, 0.6) is 0 Å². The molecule has 0 unspecified atom stereocenters. The van der Waals surface area contributed by atoms with Crippen LogP contribution in [0.4, 0.5) is 10.5 Å². The number of nitrogens with one attached hydrogen (secondary N) is 2. The summed E-state index contributed by atoms with van der Waals surface area (Å²) < 4.78 is 4.94. The molecule has 0 aromatic heterocycles. The number of nitrogens with two attached hydrogens (primary N) is 1. The Hall–Kier alpha value is -1.93. The van der Waals surface area contributed by atoms with Crippen molar-refractivity contribution in [3.05, 3.63) is 28.8 Å². The molecule has 132 valence electrons. The Kier molecular flexibility index (Phi) is 8.42. The highest BCUT2D eigenvalue weighted by Gasteiger charge is 2.22. The van der Waals surface area contributed by atoms with Crippen LogP contribution in [0, 0.1) is 6.92 Å². The van der Waals surface area contributed by atoms with Crippen LogP contribution in [-0.2, 0) is 14.3 Å². The second-order valence-electron chi connectivity index (χ2n) is 4.96. The van der Waals surface area contributed by atoms with Gasteiger partial charge in [0.05, 0.1) is 0 Å². The van der Waals surface area contributed by atoms with Crippen LogP contribution in [0.2, 0.25) is 5.02 Å². The van der Waals surface area contributed by atoms with E-state index in [2.05, 4.69) is 10.6 Å². The van der Waals surface area contributed by atoms with Gasteiger partial charge in [-0.25, -0.2) is 9.59 Å². The Morgan fingerprint density at radius 3 is 2.71 bits per heavy atom. The number of rotatable bonds is 8. The lowest BCUT2D eigenvalue weighted by Gasteiger charge is -2.16. The van der Waals surface area contributed by atoms with Gasteiger partial charge in [0.15, 0.2) is 6.61 Å². The van der Waals surface area contributed by atoms with Crippen molar-refractivity contribution in [1.29, 1.82) is 0 Å². The van der Waals surface area contributed by atoms with Crippen molar-refractivity contribution in [2.45, 2.75) is 19.4 Å². The standard InChI is InChI=1S/C15H20ClN3O4S/c1-9-3-4-10(16)7-12(9)18-13(20)8-23-14(21)11(5-6-24-2)19-15(17)22/h3-4,7,11H,5-6,8H2,1-2H3,(H,18,20)(H3,17,19,22)/t11-/m0/s1. The quantitative estimate of drug-likeness (QED) is 0.603. The van der Waals surface area contributed by atoms with Gasteiger partial charge in [-0.05, 0) is 43.0 Å². The van der Waals surface area contributed by atoms with E-state index in [4.69, 9.17) is 22.1 Å². The van der Waals surface area contributed by atoms with E-state index < -0.39 is 30.6 Å². The summed E-state index contributed by atoms with van der Waals surface area (Å²) in [6.07, 6.45) is 2.23. The number of hydrogen-bond donors (Lipinski definition) is 3. The highest BCUT2D eigenvalue weighted by atomic mass is 35.5. The number of benzene rings is 1. The molecule has 24 heavy (non-hydrogen) atoms. The maximum atomic E-state index is 12.0. The van der Waals surface area contributed by atoms with Crippen molar-refractivity contribution in [3.8, 4) is 0 Å². The maximum Gasteiger partial charge on any atom is 0.329 e. The van der Waals surface area contributed by atoms with E-state index in [-0.39, 0.29) is 0 Å². The highest BCUT2D eigenvalue weighted by molar-refractivity contribution is 7.98. The van der Waals surface area contributed by atoms with Crippen molar-refractivity contribution >= 4 is 47.0 Å². The number of amides is 3. The predicted molar refractivity (Wildman–Crippen MR) is 95.3 cm³/mol. The normalized spacial score (nSPS) is 11.5. The van der Waals surface area contributed by atoms with Gasteiger partial charge in [-0.15, -0.1) is 0 Å². The van der Waals surface area contributed by atoms with Crippen LogP contribution in [0.15, 0.2) is 18.2 Å². The molecule has 0 spiro atoms. The number of aryl methyl sites for hydroxylation is 1.